The molecule has 4 nitrogen and oxygen atoms in total. The van der Waals surface area contributed by atoms with Gasteiger partial charge in [0.15, 0.2) is 4.34 Å². The van der Waals surface area contributed by atoms with E-state index in [9.17, 15) is 5.11 Å². The van der Waals surface area contributed by atoms with E-state index in [4.69, 9.17) is 0 Å². The van der Waals surface area contributed by atoms with E-state index >= 15 is 0 Å². The highest BCUT2D eigenvalue weighted by Gasteiger charge is 2.35. The topological polar surface area (TPSA) is 58.0 Å². The molecule has 1 fully saturated rings. The molecule has 17 heavy (non-hydrogen) atoms. The van der Waals surface area contributed by atoms with Gasteiger partial charge in [-0.2, -0.15) is 0 Å². The van der Waals surface area contributed by atoms with E-state index in [0.717, 1.165) is 28.6 Å². The summed E-state index contributed by atoms with van der Waals surface area (Å²) in [5, 5.41) is 22.6. The summed E-state index contributed by atoms with van der Waals surface area (Å²) in [6, 6.07) is 0. The van der Waals surface area contributed by atoms with Crippen LogP contribution in [-0.4, -0.2) is 39.7 Å². The number of aryl methyl sites for hydroxylation is 1. The molecule has 0 radical (unpaired) electrons. The van der Waals surface area contributed by atoms with Crippen LogP contribution >= 0.6 is 23.1 Å². The van der Waals surface area contributed by atoms with E-state index in [1.165, 1.54) is 6.42 Å². The van der Waals surface area contributed by atoms with Gasteiger partial charge in [0.05, 0.1) is 6.61 Å². The highest BCUT2D eigenvalue weighted by atomic mass is 32.2. The molecule has 1 aromatic rings. The van der Waals surface area contributed by atoms with E-state index in [-0.39, 0.29) is 12.1 Å². The van der Waals surface area contributed by atoms with Crippen LogP contribution in [0.25, 0.3) is 0 Å². The van der Waals surface area contributed by atoms with Crippen LogP contribution in [0.4, 0.5) is 0 Å². The Morgan fingerprint density at radius 3 is 3.00 bits per heavy atom. The summed E-state index contributed by atoms with van der Waals surface area (Å²) >= 11 is 3.47. The van der Waals surface area contributed by atoms with Crippen molar-refractivity contribution in [1.82, 2.24) is 15.5 Å². The molecule has 1 aliphatic carbocycles. The molecular weight excluding hydrogens is 254 g/mol. The minimum Gasteiger partial charge on any atom is -0.394 e. The first-order chi connectivity index (χ1) is 8.17. The standard InChI is InChI=1S/C11H19N3OS2/c1-8-13-14-10(16-8)17-9-4-3-5-11(6-9,7-15)12-2/h9,12,15H,3-7H2,1-2H3. The van der Waals surface area contributed by atoms with Gasteiger partial charge in [0.25, 0.3) is 0 Å². The number of likely N-dealkylation sites (N-methyl/N-ethyl adjacent to an activating group) is 1. The van der Waals surface area contributed by atoms with Crippen molar-refractivity contribution in [3.63, 3.8) is 0 Å². The van der Waals surface area contributed by atoms with Gasteiger partial charge >= 0.3 is 0 Å². The number of hydrogen-bond acceptors (Lipinski definition) is 6. The first kappa shape index (κ1) is 13.3. The van der Waals surface area contributed by atoms with Gasteiger partial charge in [-0.05, 0) is 33.2 Å². The fourth-order valence-electron chi connectivity index (χ4n) is 2.33. The van der Waals surface area contributed by atoms with E-state index in [0.29, 0.717) is 5.25 Å². The number of thioether (sulfide) groups is 1. The van der Waals surface area contributed by atoms with Crippen molar-refractivity contribution in [3.8, 4) is 0 Å². The SMILES string of the molecule is CNC1(CO)CCCC(Sc2nnc(C)s2)C1. The minimum atomic E-state index is -0.0876. The highest BCUT2D eigenvalue weighted by molar-refractivity contribution is 8.01. The maximum absolute atomic E-state index is 9.53. The molecule has 2 N–H and O–H groups in total. The normalized spacial score (nSPS) is 29.5. The van der Waals surface area contributed by atoms with Crippen LogP contribution in [0.1, 0.15) is 30.7 Å². The average molecular weight is 273 g/mol. The Hall–Kier alpha value is -0.170. The smallest absolute Gasteiger partial charge is 0.174 e. The molecule has 96 valence electrons. The molecule has 0 saturated heterocycles. The average Bonchev–Trinajstić information content (AvgIpc) is 2.75. The van der Waals surface area contributed by atoms with Gasteiger partial charge in [-0.25, -0.2) is 0 Å². The van der Waals surface area contributed by atoms with Crippen molar-refractivity contribution >= 4 is 23.1 Å². The summed E-state index contributed by atoms with van der Waals surface area (Å²) in [5.74, 6) is 0. The second kappa shape index (κ2) is 5.65. The minimum absolute atomic E-state index is 0.0876. The van der Waals surface area contributed by atoms with Crippen LogP contribution in [-0.2, 0) is 0 Å². The second-order valence-electron chi connectivity index (χ2n) is 4.61. The summed E-state index contributed by atoms with van der Waals surface area (Å²) in [7, 11) is 1.94. The van der Waals surface area contributed by atoms with Gasteiger partial charge in [-0.1, -0.05) is 29.5 Å². The first-order valence-corrected chi connectivity index (χ1v) is 7.63. The van der Waals surface area contributed by atoms with Gasteiger partial charge in [0.1, 0.15) is 5.01 Å². The third-order valence-electron chi connectivity index (χ3n) is 3.41. The van der Waals surface area contributed by atoms with E-state index in [1.54, 1.807) is 11.3 Å². The number of aliphatic hydroxyl groups is 1. The van der Waals surface area contributed by atoms with Crippen molar-refractivity contribution in [1.29, 1.82) is 0 Å². The lowest BCUT2D eigenvalue weighted by molar-refractivity contribution is 0.131. The summed E-state index contributed by atoms with van der Waals surface area (Å²) in [6.07, 6.45) is 4.43. The van der Waals surface area contributed by atoms with Crippen LogP contribution in [0.2, 0.25) is 0 Å². The van der Waals surface area contributed by atoms with Gasteiger partial charge in [-0.15, -0.1) is 10.2 Å². The van der Waals surface area contributed by atoms with Gasteiger partial charge in [0.2, 0.25) is 0 Å². The van der Waals surface area contributed by atoms with E-state index in [2.05, 4.69) is 15.5 Å². The molecule has 0 spiro atoms. The Morgan fingerprint density at radius 1 is 1.59 bits per heavy atom. The molecule has 2 rings (SSSR count). The molecular formula is C11H19N3OS2. The van der Waals surface area contributed by atoms with E-state index < -0.39 is 0 Å². The predicted octanol–water partition coefficient (Wildman–Crippen LogP) is 1.83. The largest absolute Gasteiger partial charge is 0.394 e. The number of aromatic nitrogens is 2. The third-order valence-corrected chi connectivity index (χ3v) is 5.60. The number of nitrogens with one attached hydrogen (secondary N) is 1. The zero-order valence-electron chi connectivity index (χ0n) is 10.3. The fraction of sp³-hybridized carbons (Fsp3) is 0.818. The monoisotopic (exact) mass is 273 g/mol. The molecule has 2 atom stereocenters. The van der Waals surface area contributed by atoms with Crippen molar-refractivity contribution in [2.24, 2.45) is 0 Å². The third kappa shape index (κ3) is 3.19. The lowest BCUT2D eigenvalue weighted by Gasteiger charge is -2.39. The van der Waals surface area contributed by atoms with Gasteiger partial charge in [-0.3, -0.25) is 0 Å². The Morgan fingerprint density at radius 2 is 2.41 bits per heavy atom. The number of hydrogen-bond donors (Lipinski definition) is 2. The van der Waals surface area contributed by atoms with Crippen molar-refractivity contribution < 1.29 is 5.11 Å². The number of nitrogens with zero attached hydrogens (tertiary/aromatic N) is 2. The lowest BCUT2D eigenvalue weighted by atomic mass is 9.82. The quantitative estimate of drug-likeness (QED) is 0.876. The summed E-state index contributed by atoms with van der Waals surface area (Å²) in [4.78, 5) is 0. The summed E-state index contributed by atoms with van der Waals surface area (Å²) in [5.41, 5.74) is -0.0876. The molecule has 0 amide bonds. The second-order valence-corrected chi connectivity index (χ2v) is 7.34. The van der Waals surface area contributed by atoms with Crippen molar-refractivity contribution in [3.05, 3.63) is 5.01 Å². The molecule has 1 saturated carbocycles. The molecule has 1 heterocycles. The molecule has 2 unspecified atom stereocenters. The lowest BCUT2D eigenvalue weighted by Crippen LogP contribution is -2.50. The molecule has 0 aliphatic heterocycles. The van der Waals surface area contributed by atoms with Gasteiger partial charge in [0, 0.05) is 10.8 Å². The molecule has 1 aromatic heterocycles. The zero-order valence-corrected chi connectivity index (χ0v) is 11.9. The van der Waals surface area contributed by atoms with E-state index in [1.807, 2.05) is 25.7 Å². The van der Waals surface area contributed by atoms with Crippen LogP contribution < -0.4 is 5.32 Å². The summed E-state index contributed by atoms with van der Waals surface area (Å²) in [6.45, 7) is 2.20. The zero-order chi connectivity index (χ0) is 12.3. The highest BCUT2D eigenvalue weighted by Crippen LogP contribution is 2.38. The Labute approximate surface area is 110 Å². The maximum atomic E-state index is 9.53. The van der Waals surface area contributed by atoms with Crippen molar-refractivity contribution in [2.45, 2.75) is 47.7 Å². The maximum Gasteiger partial charge on any atom is 0.174 e. The van der Waals surface area contributed by atoms with Crippen LogP contribution in [0, 0.1) is 6.92 Å². The van der Waals surface area contributed by atoms with Crippen LogP contribution in [0.15, 0.2) is 4.34 Å². The van der Waals surface area contributed by atoms with Crippen LogP contribution in [0.5, 0.6) is 0 Å². The molecule has 0 bridgehead atoms. The molecule has 1 aliphatic rings. The Bertz CT molecular complexity index is 365. The van der Waals surface area contributed by atoms with Crippen molar-refractivity contribution in [2.75, 3.05) is 13.7 Å². The fourth-order valence-corrected chi connectivity index (χ4v) is 4.77. The number of aliphatic hydroxyl groups excluding tert-OH is 1. The molecule has 6 heteroatoms. The van der Waals surface area contributed by atoms with Gasteiger partial charge < -0.3 is 10.4 Å². The number of rotatable bonds is 4. The molecule has 0 aromatic carbocycles. The van der Waals surface area contributed by atoms with Crippen LogP contribution in [0.3, 0.4) is 0 Å². The Balaban J connectivity index is 1.98. The Kier molecular flexibility index (Phi) is 4.41. The predicted molar refractivity (Wildman–Crippen MR) is 71.6 cm³/mol. The summed E-state index contributed by atoms with van der Waals surface area (Å²) < 4.78 is 1.05. The first-order valence-electron chi connectivity index (χ1n) is 5.94.